The first-order chi connectivity index (χ1) is 9.56. The van der Waals surface area contributed by atoms with Crippen molar-refractivity contribution in [2.24, 2.45) is 0 Å². The number of benzene rings is 2. The highest BCUT2D eigenvalue weighted by Gasteiger charge is 2.16. The molecule has 0 N–H and O–H groups in total. The summed E-state index contributed by atoms with van der Waals surface area (Å²) in [5.41, 5.74) is 0.609. The predicted octanol–water partition coefficient (Wildman–Crippen LogP) is 3.73. The molecule has 0 amide bonds. The summed E-state index contributed by atoms with van der Waals surface area (Å²) in [5, 5.41) is -0.0993. The average molecular weight is 295 g/mol. The van der Waals surface area contributed by atoms with Crippen LogP contribution >= 0.6 is 11.6 Å². The van der Waals surface area contributed by atoms with E-state index >= 15 is 0 Å². The minimum atomic E-state index is -0.569. The van der Waals surface area contributed by atoms with Crippen LogP contribution in [0, 0.1) is 5.82 Å². The Bertz CT molecular complexity index is 656. The zero-order valence-corrected chi connectivity index (χ0v) is 11.7. The second-order valence-corrected chi connectivity index (χ2v) is 4.43. The van der Waals surface area contributed by atoms with E-state index in [1.54, 1.807) is 18.2 Å². The van der Waals surface area contributed by atoms with Gasteiger partial charge in [0.25, 0.3) is 0 Å². The third kappa shape index (κ3) is 2.75. The molecule has 0 aliphatic carbocycles. The van der Waals surface area contributed by atoms with E-state index in [0.29, 0.717) is 17.1 Å². The Morgan fingerprint density at radius 1 is 1.10 bits per heavy atom. The van der Waals surface area contributed by atoms with Gasteiger partial charge in [0.1, 0.15) is 17.3 Å². The first kappa shape index (κ1) is 14.3. The molecule has 0 atom stereocenters. The van der Waals surface area contributed by atoms with E-state index in [1.807, 2.05) is 0 Å². The van der Waals surface area contributed by atoms with Crippen molar-refractivity contribution in [2.75, 3.05) is 14.2 Å². The predicted molar refractivity (Wildman–Crippen MR) is 74.4 cm³/mol. The van der Waals surface area contributed by atoms with Gasteiger partial charge in [-0.05, 0) is 36.4 Å². The Balaban J connectivity index is 2.48. The monoisotopic (exact) mass is 294 g/mol. The Hall–Kier alpha value is -2.07. The second-order valence-electron chi connectivity index (χ2n) is 4.02. The van der Waals surface area contributed by atoms with Crippen LogP contribution in [0.1, 0.15) is 15.9 Å². The van der Waals surface area contributed by atoms with Crippen molar-refractivity contribution in [3.05, 3.63) is 58.4 Å². The number of hydrogen-bond donors (Lipinski definition) is 0. The summed E-state index contributed by atoms with van der Waals surface area (Å²) in [6, 6.07) is 8.71. The molecule has 2 rings (SSSR count). The first-order valence-corrected chi connectivity index (χ1v) is 6.16. The fourth-order valence-electron chi connectivity index (χ4n) is 1.78. The van der Waals surface area contributed by atoms with E-state index in [9.17, 15) is 9.18 Å². The number of methoxy groups -OCH3 is 2. The molecule has 0 aliphatic heterocycles. The molecule has 20 heavy (non-hydrogen) atoms. The van der Waals surface area contributed by atoms with Crippen LogP contribution in [0.15, 0.2) is 36.4 Å². The van der Waals surface area contributed by atoms with Gasteiger partial charge in [0, 0.05) is 5.56 Å². The van der Waals surface area contributed by atoms with Crippen molar-refractivity contribution in [3.8, 4) is 11.5 Å². The van der Waals surface area contributed by atoms with Gasteiger partial charge in [0.15, 0.2) is 5.78 Å². The van der Waals surface area contributed by atoms with Crippen molar-refractivity contribution < 1.29 is 18.7 Å². The Morgan fingerprint density at radius 3 is 2.45 bits per heavy atom. The maximum atomic E-state index is 13.1. The number of carbonyl (C=O) groups excluding carboxylic acids is 1. The lowest BCUT2D eigenvalue weighted by atomic mass is 10.0. The lowest BCUT2D eigenvalue weighted by Gasteiger charge is -2.10. The van der Waals surface area contributed by atoms with Gasteiger partial charge in [-0.3, -0.25) is 4.79 Å². The van der Waals surface area contributed by atoms with Crippen LogP contribution in [0.25, 0.3) is 0 Å². The topological polar surface area (TPSA) is 35.5 Å². The van der Waals surface area contributed by atoms with E-state index in [2.05, 4.69) is 0 Å². The highest BCUT2D eigenvalue weighted by molar-refractivity contribution is 6.31. The van der Waals surface area contributed by atoms with E-state index in [4.69, 9.17) is 21.1 Å². The van der Waals surface area contributed by atoms with Gasteiger partial charge >= 0.3 is 0 Å². The SMILES string of the molecule is COc1ccc(OC)c(C(=O)c2ccc(F)c(Cl)c2)c1. The van der Waals surface area contributed by atoms with Crippen LogP contribution in [0.4, 0.5) is 4.39 Å². The molecule has 0 unspecified atom stereocenters. The minimum absolute atomic E-state index is 0.0993. The third-order valence-electron chi connectivity index (χ3n) is 2.83. The highest BCUT2D eigenvalue weighted by Crippen LogP contribution is 2.27. The maximum absolute atomic E-state index is 13.1. The van der Waals surface area contributed by atoms with E-state index < -0.39 is 5.82 Å². The zero-order valence-electron chi connectivity index (χ0n) is 10.9. The summed E-state index contributed by atoms with van der Waals surface area (Å²) < 4.78 is 23.4. The highest BCUT2D eigenvalue weighted by atomic mass is 35.5. The number of carbonyl (C=O) groups is 1. The maximum Gasteiger partial charge on any atom is 0.196 e. The standard InChI is InChI=1S/C15H12ClFO3/c1-19-10-4-6-14(20-2)11(8-10)15(18)9-3-5-13(17)12(16)7-9/h3-8H,1-2H3. The van der Waals surface area contributed by atoms with Crippen LogP contribution in [0.3, 0.4) is 0 Å². The van der Waals surface area contributed by atoms with Crippen LogP contribution in [-0.2, 0) is 0 Å². The van der Waals surface area contributed by atoms with Gasteiger partial charge < -0.3 is 9.47 Å². The molecule has 3 nitrogen and oxygen atoms in total. The Kier molecular flexibility index (Phi) is 4.25. The van der Waals surface area contributed by atoms with E-state index in [1.165, 1.54) is 26.4 Å². The number of halogens is 2. The Labute approximate surface area is 120 Å². The third-order valence-corrected chi connectivity index (χ3v) is 3.12. The second kappa shape index (κ2) is 5.92. The molecule has 0 aliphatic rings. The molecule has 0 fully saturated rings. The number of ether oxygens (including phenoxy) is 2. The lowest BCUT2D eigenvalue weighted by Crippen LogP contribution is -2.05. The lowest BCUT2D eigenvalue weighted by molar-refractivity contribution is 0.103. The first-order valence-electron chi connectivity index (χ1n) is 5.78. The summed E-state index contributed by atoms with van der Waals surface area (Å²) in [5.74, 6) is 0.0575. The molecule has 104 valence electrons. The molecule has 0 saturated carbocycles. The van der Waals surface area contributed by atoms with Crippen molar-refractivity contribution in [3.63, 3.8) is 0 Å². The molecule has 0 aromatic heterocycles. The van der Waals surface area contributed by atoms with Gasteiger partial charge in [0.05, 0.1) is 24.8 Å². The van der Waals surface area contributed by atoms with Crippen molar-refractivity contribution in [2.45, 2.75) is 0 Å². The van der Waals surface area contributed by atoms with Crippen LogP contribution in [-0.4, -0.2) is 20.0 Å². The molecular formula is C15H12ClFO3. The van der Waals surface area contributed by atoms with Gasteiger partial charge in [-0.2, -0.15) is 0 Å². The van der Waals surface area contributed by atoms with Gasteiger partial charge in [-0.1, -0.05) is 11.6 Å². The van der Waals surface area contributed by atoms with Gasteiger partial charge in [-0.25, -0.2) is 4.39 Å². The van der Waals surface area contributed by atoms with Crippen LogP contribution in [0.2, 0.25) is 5.02 Å². The molecule has 0 heterocycles. The molecule has 5 heteroatoms. The summed E-state index contributed by atoms with van der Waals surface area (Å²) in [6.07, 6.45) is 0. The Morgan fingerprint density at radius 2 is 1.85 bits per heavy atom. The van der Waals surface area contributed by atoms with Crippen molar-refractivity contribution in [1.29, 1.82) is 0 Å². The molecule has 0 radical (unpaired) electrons. The van der Waals surface area contributed by atoms with Crippen molar-refractivity contribution in [1.82, 2.24) is 0 Å². The summed E-state index contributed by atoms with van der Waals surface area (Å²) in [6.45, 7) is 0. The molecule has 0 spiro atoms. The fourth-order valence-corrected chi connectivity index (χ4v) is 1.96. The minimum Gasteiger partial charge on any atom is -0.497 e. The summed E-state index contributed by atoms with van der Waals surface area (Å²) in [7, 11) is 2.97. The molecule has 0 saturated heterocycles. The smallest absolute Gasteiger partial charge is 0.196 e. The zero-order chi connectivity index (χ0) is 14.7. The van der Waals surface area contributed by atoms with Crippen LogP contribution < -0.4 is 9.47 Å². The number of rotatable bonds is 4. The summed E-state index contributed by atoms with van der Waals surface area (Å²) in [4.78, 5) is 12.4. The number of ketones is 1. The van der Waals surface area contributed by atoms with Crippen molar-refractivity contribution >= 4 is 17.4 Å². The summed E-state index contributed by atoms with van der Waals surface area (Å²) >= 11 is 5.69. The quantitative estimate of drug-likeness (QED) is 0.806. The molecule has 2 aromatic rings. The largest absolute Gasteiger partial charge is 0.497 e. The molecule has 0 bridgehead atoms. The normalized spacial score (nSPS) is 10.2. The van der Waals surface area contributed by atoms with Gasteiger partial charge in [-0.15, -0.1) is 0 Å². The molecule has 2 aromatic carbocycles. The molecular weight excluding hydrogens is 283 g/mol. The number of hydrogen-bond acceptors (Lipinski definition) is 3. The van der Waals surface area contributed by atoms with E-state index in [0.717, 1.165) is 6.07 Å². The fraction of sp³-hybridized carbons (Fsp3) is 0.133. The van der Waals surface area contributed by atoms with Crippen LogP contribution in [0.5, 0.6) is 11.5 Å². The van der Waals surface area contributed by atoms with Gasteiger partial charge in [0.2, 0.25) is 0 Å². The average Bonchev–Trinajstić information content (AvgIpc) is 2.48. The van der Waals surface area contributed by atoms with E-state index in [-0.39, 0.29) is 16.4 Å².